The highest BCUT2D eigenvalue weighted by Crippen LogP contribution is 2.11. The van der Waals surface area contributed by atoms with Gasteiger partial charge in [-0.05, 0) is 45.5 Å². The maximum absolute atomic E-state index is 5.41. The van der Waals surface area contributed by atoms with Crippen molar-refractivity contribution < 1.29 is 4.42 Å². The van der Waals surface area contributed by atoms with Gasteiger partial charge in [-0.25, -0.2) is 0 Å². The second kappa shape index (κ2) is 5.51. The zero-order valence-electron chi connectivity index (χ0n) is 10.3. The van der Waals surface area contributed by atoms with E-state index in [1.165, 1.54) is 13.0 Å². The van der Waals surface area contributed by atoms with Crippen LogP contribution in [-0.4, -0.2) is 36.6 Å². The normalized spacial score (nSPS) is 25.2. The first-order chi connectivity index (χ1) is 7.75. The lowest BCUT2D eigenvalue weighted by Gasteiger charge is -2.28. The molecule has 0 saturated carbocycles. The Balaban J connectivity index is 1.89. The van der Waals surface area contributed by atoms with Crippen molar-refractivity contribution in [2.24, 2.45) is 0 Å². The Hall–Kier alpha value is -0.800. The first-order valence-corrected chi connectivity index (χ1v) is 6.25. The second-order valence-corrected chi connectivity index (χ2v) is 4.84. The van der Waals surface area contributed by atoms with Gasteiger partial charge in [-0.2, -0.15) is 0 Å². The Morgan fingerprint density at radius 1 is 1.62 bits per heavy atom. The summed E-state index contributed by atoms with van der Waals surface area (Å²) < 4.78 is 5.41. The van der Waals surface area contributed by atoms with Gasteiger partial charge in [0.15, 0.2) is 0 Å². The lowest BCUT2D eigenvalue weighted by Crippen LogP contribution is -2.41. The molecule has 0 bridgehead atoms. The zero-order chi connectivity index (χ0) is 11.4. The van der Waals surface area contributed by atoms with E-state index >= 15 is 0 Å². The van der Waals surface area contributed by atoms with Crippen LogP contribution in [0.1, 0.15) is 26.0 Å². The molecule has 2 rings (SSSR count). The van der Waals surface area contributed by atoms with Gasteiger partial charge in [-0.3, -0.25) is 4.90 Å². The van der Waals surface area contributed by atoms with Crippen LogP contribution in [0.2, 0.25) is 0 Å². The van der Waals surface area contributed by atoms with Crippen molar-refractivity contribution in [1.29, 1.82) is 0 Å². The molecular weight excluding hydrogens is 200 g/mol. The van der Waals surface area contributed by atoms with Crippen molar-refractivity contribution in [3.8, 4) is 0 Å². The van der Waals surface area contributed by atoms with Gasteiger partial charge in [0.05, 0.1) is 6.26 Å². The third-order valence-electron chi connectivity index (χ3n) is 3.32. The minimum absolute atomic E-state index is 0.563. The predicted octanol–water partition coefficient (Wildman–Crippen LogP) is 1.89. The fraction of sp³-hybridized carbons (Fsp3) is 0.692. The highest BCUT2D eigenvalue weighted by atomic mass is 16.3. The summed E-state index contributed by atoms with van der Waals surface area (Å²) in [4.78, 5) is 2.56. The van der Waals surface area contributed by atoms with Gasteiger partial charge < -0.3 is 9.73 Å². The lowest BCUT2D eigenvalue weighted by molar-refractivity contribution is 0.201. The fourth-order valence-corrected chi connectivity index (χ4v) is 2.39. The number of hydrogen-bond donors (Lipinski definition) is 1. The van der Waals surface area contributed by atoms with Gasteiger partial charge >= 0.3 is 0 Å². The molecule has 0 amide bonds. The number of nitrogens with one attached hydrogen (secondary N) is 1. The van der Waals surface area contributed by atoms with E-state index in [1.807, 2.05) is 6.07 Å². The number of nitrogens with zero attached hydrogens (tertiary/aromatic N) is 1. The summed E-state index contributed by atoms with van der Waals surface area (Å²) in [6, 6.07) is 5.19. The molecule has 0 radical (unpaired) electrons. The molecule has 0 aliphatic carbocycles. The molecule has 3 nitrogen and oxygen atoms in total. The summed E-state index contributed by atoms with van der Waals surface area (Å²) in [5, 5.41) is 3.52. The van der Waals surface area contributed by atoms with E-state index in [9.17, 15) is 0 Å². The molecule has 1 saturated heterocycles. The van der Waals surface area contributed by atoms with Gasteiger partial charge in [0.25, 0.3) is 0 Å². The van der Waals surface area contributed by atoms with Crippen molar-refractivity contribution in [2.75, 3.05) is 19.6 Å². The third kappa shape index (κ3) is 3.09. The highest BCUT2D eigenvalue weighted by Gasteiger charge is 2.19. The van der Waals surface area contributed by atoms with Crippen LogP contribution in [0.4, 0.5) is 0 Å². The summed E-state index contributed by atoms with van der Waals surface area (Å²) in [5.74, 6) is 1.09. The largest absolute Gasteiger partial charge is 0.469 e. The van der Waals surface area contributed by atoms with Crippen molar-refractivity contribution in [3.63, 3.8) is 0 Å². The second-order valence-electron chi connectivity index (χ2n) is 4.84. The van der Waals surface area contributed by atoms with Crippen LogP contribution >= 0.6 is 0 Å². The third-order valence-corrected chi connectivity index (χ3v) is 3.32. The first kappa shape index (κ1) is 11.7. The molecule has 1 aromatic rings. The molecule has 2 atom stereocenters. The van der Waals surface area contributed by atoms with Gasteiger partial charge in [0, 0.05) is 25.0 Å². The number of furan rings is 1. The lowest BCUT2D eigenvalue weighted by atomic mass is 10.1. The quantitative estimate of drug-likeness (QED) is 0.846. The van der Waals surface area contributed by atoms with Crippen LogP contribution in [0, 0.1) is 0 Å². The molecule has 1 aliphatic heterocycles. The SMILES string of the molecule is CC1CN(C(C)Cc2ccco2)CCCN1. The van der Waals surface area contributed by atoms with E-state index < -0.39 is 0 Å². The van der Waals surface area contributed by atoms with E-state index in [4.69, 9.17) is 4.42 Å². The molecule has 90 valence electrons. The van der Waals surface area contributed by atoms with E-state index in [0.29, 0.717) is 12.1 Å². The van der Waals surface area contributed by atoms with Crippen molar-refractivity contribution in [2.45, 2.75) is 38.8 Å². The maximum atomic E-state index is 5.41. The molecule has 3 heteroatoms. The first-order valence-electron chi connectivity index (χ1n) is 6.25. The molecule has 2 heterocycles. The smallest absolute Gasteiger partial charge is 0.105 e. The van der Waals surface area contributed by atoms with Crippen LogP contribution in [0.5, 0.6) is 0 Å². The molecule has 1 aliphatic rings. The van der Waals surface area contributed by atoms with Crippen LogP contribution in [0.25, 0.3) is 0 Å². The fourth-order valence-electron chi connectivity index (χ4n) is 2.39. The zero-order valence-corrected chi connectivity index (χ0v) is 10.3. The minimum atomic E-state index is 0.563. The molecular formula is C13H22N2O. The summed E-state index contributed by atoms with van der Waals surface area (Å²) >= 11 is 0. The van der Waals surface area contributed by atoms with Crippen LogP contribution in [0.3, 0.4) is 0 Å². The van der Waals surface area contributed by atoms with Crippen molar-refractivity contribution in [1.82, 2.24) is 10.2 Å². The predicted molar refractivity (Wildman–Crippen MR) is 65.5 cm³/mol. The molecule has 0 spiro atoms. The highest BCUT2D eigenvalue weighted by molar-refractivity contribution is 5.00. The molecule has 1 N–H and O–H groups in total. The Morgan fingerprint density at radius 3 is 3.25 bits per heavy atom. The standard InChI is InChI=1S/C13H22N2O/c1-11-10-15(7-4-6-14-11)12(2)9-13-5-3-8-16-13/h3,5,8,11-12,14H,4,6-7,9-10H2,1-2H3. The van der Waals surface area contributed by atoms with Crippen LogP contribution in [-0.2, 0) is 6.42 Å². The average Bonchev–Trinajstić information content (AvgIpc) is 2.65. The molecule has 0 aromatic carbocycles. The topological polar surface area (TPSA) is 28.4 Å². The average molecular weight is 222 g/mol. The Kier molecular flexibility index (Phi) is 4.02. The monoisotopic (exact) mass is 222 g/mol. The van der Waals surface area contributed by atoms with Gasteiger partial charge in [-0.15, -0.1) is 0 Å². The van der Waals surface area contributed by atoms with Gasteiger partial charge in [0.1, 0.15) is 5.76 Å². The number of rotatable bonds is 3. The molecule has 1 fully saturated rings. The summed E-state index contributed by atoms with van der Waals surface area (Å²) in [7, 11) is 0. The van der Waals surface area contributed by atoms with Crippen molar-refractivity contribution in [3.05, 3.63) is 24.2 Å². The summed E-state index contributed by atoms with van der Waals surface area (Å²) in [5.41, 5.74) is 0. The maximum Gasteiger partial charge on any atom is 0.105 e. The van der Waals surface area contributed by atoms with E-state index in [-0.39, 0.29) is 0 Å². The minimum Gasteiger partial charge on any atom is -0.469 e. The number of hydrogen-bond acceptors (Lipinski definition) is 3. The van der Waals surface area contributed by atoms with Gasteiger partial charge in [-0.1, -0.05) is 0 Å². The summed E-state index contributed by atoms with van der Waals surface area (Å²) in [6.45, 7) is 8.03. The molecule has 1 aromatic heterocycles. The van der Waals surface area contributed by atoms with Crippen molar-refractivity contribution >= 4 is 0 Å². The van der Waals surface area contributed by atoms with Gasteiger partial charge in [0.2, 0.25) is 0 Å². The Morgan fingerprint density at radius 2 is 2.50 bits per heavy atom. The van der Waals surface area contributed by atoms with Crippen LogP contribution in [0.15, 0.2) is 22.8 Å². The molecule has 2 unspecified atom stereocenters. The molecule has 16 heavy (non-hydrogen) atoms. The van der Waals surface area contributed by atoms with E-state index in [2.05, 4.69) is 30.1 Å². The summed E-state index contributed by atoms with van der Waals surface area (Å²) in [6.07, 6.45) is 4.02. The van der Waals surface area contributed by atoms with E-state index in [1.54, 1.807) is 6.26 Å². The Bertz CT molecular complexity index is 297. The Labute approximate surface area is 97.8 Å². The van der Waals surface area contributed by atoms with E-state index in [0.717, 1.165) is 25.3 Å². The van der Waals surface area contributed by atoms with Crippen LogP contribution < -0.4 is 5.32 Å².